The van der Waals surface area contributed by atoms with E-state index in [-0.39, 0.29) is 17.2 Å². The number of aromatic nitrogens is 3. The monoisotopic (exact) mass is 418 g/mol. The number of alkyl halides is 3. The molecule has 0 fully saturated rings. The molecule has 0 saturated carbocycles. The van der Waals surface area contributed by atoms with Crippen LogP contribution in [0.2, 0.25) is 0 Å². The summed E-state index contributed by atoms with van der Waals surface area (Å²) in [6, 6.07) is 6.24. The fourth-order valence-corrected chi connectivity index (χ4v) is 2.44. The molecule has 30 heavy (non-hydrogen) atoms. The molecule has 0 aliphatic rings. The van der Waals surface area contributed by atoms with Gasteiger partial charge in [0.05, 0.1) is 17.9 Å². The topological polar surface area (TPSA) is 104 Å². The molecule has 1 aromatic carbocycles. The fraction of sp³-hybridized carbons (Fsp3) is 0.105. The van der Waals surface area contributed by atoms with Crippen molar-refractivity contribution >= 4 is 22.5 Å². The SMILES string of the molecule is CN/C(=C\C(=N)C(F)(F)F)NC(=O)c1ccc2cc(-c3ncc(F)cn3)cnc2c1. The number of hydrogen-bond donors (Lipinski definition) is 3. The molecular formula is C19H14F4N6O. The van der Waals surface area contributed by atoms with Crippen molar-refractivity contribution in [3.63, 3.8) is 0 Å². The highest BCUT2D eigenvalue weighted by Crippen LogP contribution is 2.21. The molecule has 7 nitrogen and oxygen atoms in total. The van der Waals surface area contributed by atoms with Gasteiger partial charge in [0.1, 0.15) is 11.5 Å². The maximum Gasteiger partial charge on any atom is 0.432 e. The average Bonchev–Trinajstić information content (AvgIpc) is 2.72. The van der Waals surface area contributed by atoms with Crippen LogP contribution in [0.15, 0.2) is 54.8 Å². The number of allylic oxidation sites excluding steroid dienone is 1. The minimum absolute atomic E-state index is 0.153. The van der Waals surface area contributed by atoms with Crippen LogP contribution in [-0.2, 0) is 0 Å². The minimum Gasteiger partial charge on any atom is -0.375 e. The summed E-state index contributed by atoms with van der Waals surface area (Å²) in [4.78, 5) is 24.4. The van der Waals surface area contributed by atoms with Crippen molar-refractivity contribution in [2.45, 2.75) is 6.18 Å². The van der Waals surface area contributed by atoms with Gasteiger partial charge in [-0.2, -0.15) is 13.2 Å². The second kappa shape index (κ2) is 8.23. The highest BCUT2D eigenvalue weighted by atomic mass is 19.4. The van der Waals surface area contributed by atoms with Crippen molar-refractivity contribution in [3.8, 4) is 11.4 Å². The summed E-state index contributed by atoms with van der Waals surface area (Å²) in [6.45, 7) is 0. The normalized spacial score (nSPS) is 12.0. The van der Waals surface area contributed by atoms with E-state index in [2.05, 4.69) is 25.6 Å². The first-order valence-electron chi connectivity index (χ1n) is 8.41. The Hall–Kier alpha value is -3.89. The molecule has 0 bridgehead atoms. The Kier molecular flexibility index (Phi) is 5.72. The number of nitrogens with zero attached hydrogens (tertiary/aromatic N) is 3. The Balaban J connectivity index is 1.83. The van der Waals surface area contributed by atoms with Gasteiger partial charge < -0.3 is 10.6 Å². The summed E-state index contributed by atoms with van der Waals surface area (Å²) >= 11 is 0. The van der Waals surface area contributed by atoms with Gasteiger partial charge in [0, 0.05) is 35.8 Å². The molecule has 0 aliphatic carbocycles. The highest BCUT2D eigenvalue weighted by molar-refractivity contribution is 6.01. The molecule has 2 aromatic heterocycles. The standard InChI is InChI=1S/C19H14F4N6O/c1-25-16(6-15(24)19(21,22)23)29-18(30)11-3-2-10-4-12(7-26-14(10)5-11)17-27-8-13(20)9-28-17/h2-9,24-25H,1H3,(H,29,30)/b16-6+,24-15?. The van der Waals surface area contributed by atoms with E-state index in [9.17, 15) is 22.4 Å². The van der Waals surface area contributed by atoms with Gasteiger partial charge in [-0.15, -0.1) is 0 Å². The quantitative estimate of drug-likeness (QED) is 0.436. The zero-order valence-corrected chi connectivity index (χ0v) is 15.4. The van der Waals surface area contributed by atoms with Gasteiger partial charge in [0.2, 0.25) is 0 Å². The van der Waals surface area contributed by atoms with Crippen LogP contribution in [0.4, 0.5) is 17.6 Å². The molecule has 3 aromatic rings. The van der Waals surface area contributed by atoms with Crippen molar-refractivity contribution in [2.75, 3.05) is 7.05 Å². The maximum atomic E-state index is 13.0. The number of rotatable bonds is 5. The van der Waals surface area contributed by atoms with Gasteiger partial charge in [-0.05, 0) is 18.2 Å². The molecule has 0 unspecified atom stereocenters. The fourth-order valence-electron chi connectivity index (χ4n) is 2.44. The van der Waals surface area contributed by atoms with E-state index in [0.717, 1.165) is 12.4 Å². The first-order chi connectivity index (χ1) is 14.2. The van der Waals surface area contributed by atoms with E-state index >= 15 is 0 Å². The molecular weight excluding hydrogens is 404 g/mol. The Bertz CT molecular complexity index is 1140. The maximum absolute atomic E-state index is 13.0. The Labute approximate surface area is 167 Å². The number of benzene rings is 1. The third-order valence-corrected chi connectivity index (χ3v) is 3.94. The van der Waals surface area contributed by atoms with E-state index in [1.807, 2.05) is 0 Å². The number of carbonyl (C=O) groups is 1. The smallest absolute Gasteiger partial charge is 0.375 e. The third kappa shape index (κ3) is 4.74. The third-order valence-electron chi connectivity index (χ3n) is 3.94. The second-order valence-electron chi connectivity index (χ2n) is 6.03. The van der Waals surface area contributed by atoms with Crippen molar-refractivity contribution in [2.24, 2.45) is 0 Å². The number of carbonyl (C=O) groups excluding carboxylic acids is 1. The van der Waals surface area contributed by atoms with Gasteiger partial charge in [0.15, 0.2) is 11.6 Å². The first-order valence-corrected chi connectivity index (χ1v) is 8.41. The van der Waals surface area contributed by atoms with Crippen molar-refractivity contribution in [3.05, 3.63) is 66.1 Å². The number of halogens is 4. The van der Waals surface area contributed by atoms with Crippen molar-refractivity contribution < 1.29 is 22.4 Å². The molecule has 0 radical (unpaired) electrons. The highest BCUT2D eigenvalue weighted by Gasteiger charge is 2.33. The largest absolute Gasteiger partial charge is 0.432 e. The lowest BCUT2D eigenvalue weighted by Crippen LogP contribution is -2.32. The van der Waals surface area contributed by atoms with Gasteiger partial charge in [-0.1, -0.05) is 6.07 Å². The Morgan fingerprint density at radius 2 is 1.80 bits per heavy atom. The molecule has 0 atom stereocenters. The minimum atomic E-state index is -4.83. The lowest BCUT2D eigenvalue weighted by molar-refractivity contribution is -0.0584. The van der Waals surface area contributed by atoms with E-state index in [1.54, 1.807) is 12.1 Å². The lowest BCUT2D eigenvalue weighted by atomic mass is 10.1. The van der Waals surface area contributed by atoms with Gasteiger partial charge in [-0.3, -0.25) is 15.2 Å². The molecule has 11 heteroatoms. The number of fused-ring (bicyclic) bond motifs is 1. The predicted octanol–water partition coefficient (Wildman–Crippen LogP) is 3.20. The van der Waals surface area contributed by atoms with Crippen LogP contribution in [0, 0.1) is 11.2 Å². The number of amides is 1. The Morgan fingerprint density at radius 1 is 1.10 bits per heavy atom. The van der Waals surface area contributed by atoms with Crippen LogP contribution in [0.1, 0.15) is 10.4 Å². The molecule has 1 amide bonds. The van der Waals surface area contributed by atoms with Gasteiger partial charge in [-0.25, -0.2) is 14.4 Å². The lowest BCUT2D eigenvalue weighted by Gasteiger charge is -2.11. The van der Waals surface area contributed by atoms with Gasteiger partial charge >= 0.3 is 6.18 Å². The molecule has 0 aliphatic heterocycles. The predicted molar refractivity (Wildman–Crippen MR) is 101 cm³/mol. The van der Waals surface area contributed by atoms with Crippen LogP contribution in [0.5, 0.6) is 0 Å². The van der Waals surface area contributed by atoms with Crippen LogP contribution in [0.25, 0.3) is 22.3 Å². The molecule has 0 saturated heterocycles. The summed E-state index contributed by atoms with van der Waals surface area (Å²) in [5.74, 6) is -1.24. The van der Waals surface area contributed by atoms with E-state index < -0.39 is 23.6 Å². The summed E-state index contributed by atoms with van der Waals surface area (Å²) in [5.41, 5.74) is -0.458. The first kappa shape index (κ1) is 20.8. The zero-order valence-electron chi connectivity index (χ0n) is 15.4. The van der Waals surface area contributed by atoms with Crippen molar-refractivity contribution in [1.82, 2.24) is 25.6 Å². The molecule has 2 heterocycles. The zero-order chi connectivity index (χ0) is 21.9. The van der Waals surface area contributed by atoms with E-state index in [4.69, 9.17) is 5.41 Å². The van der Waals surface area contributed by atoms with Crippen LogP contribution in [-0.4, -0.2) is 39.8 Å². The molecule has 3 N–H and O–H groups in total. The molecule has 154 valence electrons. The number of hydrogen-bond acceptors (Lipinski definition) is 6. The number of pyridine rings is 1. The van der Waals surface area contributed by atoms with E-state index in [0.29, 0.717) is 22.5 Å². The van der Waals surface area contributed by atoms with E-state index in [1.165, 1.54) is 25.4 Å². The molecule has 3 rings (SSSR count). The average molecular weight is 418 g/mol. The van der Waals surface area contributed by atoms with Gasteiger partial charge in [0.25, 0.3) is 5.91 Å². The Morgan fingerprint density at radius 3 is 2.43 bits per heavy atom. The van der Waals surface area contributed by atoms with Crippen LogP contribution < -0.4 is 10.6 Å². The summed E-state index contributed by atoms with van der Waals surface area (Å²) in [7, 11) is 1.32. The van der Waals surface area contributed by atoms with Crippen molar-refractivity contribution in [1.29, 1.82) is 5.41 Å². The molecule has 0 spiro atoms. The summed E-state index contributed by atoms with van der Waals surface area (Å²) < 4.78 is 50.5. The second-order valence-corrected chi connectivity index (χ2v) is 6.03. The van der Waals surface area contributed by atoms with Crippen LogP contribution >= 0.6 is 0 Å². The van der Waals surface area contributed by atoms with Crippen LogP contribution in [0.3, 0.4) is 0 Å². The summed E-state index contributed by atoms with van der Waals surface area (Å²) in [5, 5.41) is 12.3. The summed E-state index contributed by atoms with van der Waals surface area (Å²) in [6.07, 6.45) is -0.824. The number of nitrogens with one attached hydrogen (secondary N) is 3.